The van der Waals surface area contributed by atoms with Gasteiger partial charge < -0.3 is 19.5 Å². The van der Waals surface area contributed by atoms with E-state index >= 15 is 0 Å². The summed E-state index contributed by atoms with van der Waals surface area (Å²) in [6.45, 7) is 3.81. The third-order valence-corrected chi connectivity index (χ3v) is 5.91. The zero-order chi connectivity index (χ0) is 20.7. The van der Waals surface area contributed by atoms with Gasteiger partial charge in [0, 0.05) is 12.1 Å². The van der Waals surface area contributed by atoms with Crippen molar-refractivity contribution in [2.24, 2.45) is 0 Å². The van der Waals surface area contributed by atoms with Crippen molar-refractivity contribution in [1.29, 1.82) is 0 Å². The summed E-state index contributed by atoms with van der Waals surface area (Å²) in [4.78, 5) is 24.0. The van der Waals surface area contributed by atoms with Crippen LogP contribution in [0, 0.1) is 0 Å². The van der Waals surface area contributed by atoms with Crippen LogP contribution < -0.4 is 14.8 Å². The van der Waals surface area contributed by atoms with E-state index in [1.165, 1.54) is 26.2 Å². The highest BCUT2D eigenvalue weighted by Crippen LogP contribution is 2.28. The van der Waals surface area contributed by atoms with E-state index in [2.05, 4.69) is 5.32 Å². The van der Waals surface area contributed by atoms with Crippen LogP contribution in [0.4, 0.5) is 0 Å². The number of benzene rings is 1. The van der Waals surface area contributed by atoms with Crippen LogP contribution in [-0.4, -0.2) is 57.7 Å². The summed E-state index contributed by atoms with van der Waals surface area (Å²) in [6.07, 6.45) is 2.08. The Balaban J connectivity index is 1.89. The number of nitrogens with one attached hydrogen (secondary N) is 1. The Morgan fingerprint density at radius 3 is 2.68 bits per heavy atom. The summed E-state index contributed by atoms with van der Waals surface area (Å²) in [6, 6.07) is 4.77. The maximum Gasteiger partial charge on any atom is 0.331 e. The molecule has 8 nitrogen and oxygen atoms in total. The van der Waals surface area contributed by atoms with Crippen LogP contribution in [0.5, 0.6) is 11.5 Å². The molecule has 0 unspecified atom stereocenters. The van der Waals surface area contributed by atoms with Gasteiger partial charge in [-0.05, 0) is 44.0 Å². The Morgan fingerprint density at radius 2 is 2.07 bits per heavy atom. The fraction of sp³-hybridized carbons (Fsp3) is 0.474. The Kier molecular flexibility index (Phi) is 7.45. The van der Waals surface area contributed by atoms with E-state index in [1.54, 1.807) is 18.2 Å². The van der Waals surface area contributed by atoms with Crippen molar-refractivity contribution in [3.8, 4) is 11.5 Å². The van der Waals surface area contributed by atoms with Gasteiger partial charge in [-0.15, -0.1) is 0 Å². The summed E-state index contributed by atoms with van der Waals surface area (Å²) in [7, 11) is -1.57. The van der Waals surface area contributed by atoms with E-state index in [-0.39, 0.29) is 11.5 Å². The molecule has 1 N–H and O–H groups in total. The van der Waals surface area contributed by atoms with Crippen molar-refractivity contribution in [1.82, 2.24) is 5.32 Å². The minimum Gasteiger partial charge on any atom is -0.493 e. The number of methoxy groups -OCH3 is 1. The predicted molar refractivity (Wildman–Crippen MR) is 104 cm³/mol. The molecule has 0 bridgehead atoms. The first-order valence-corrected chi connectivity index (χ1v) is 10.8. The summed E-state index contributed by atoms with van der Waals surface area (Å²) in [5.41, 5.74) is 0.700. The van der Waals surface area contributed by atoms with Gasteiger partial charge in [-0.1, -0.05) is 6.07 Å². The van der Waals surface area contributed by atoms with Crippen LogP contribution >= 0.6 is 0 Å². The van der Waals surface area contributed by atoms with Crippen molar-refractivity contribution in [2.75, 3.05) is 25.2 Å². The van der Waals surface area contributed by atoms with E-state index in [1.807, 2.05) is 6.92 Å². The van der Waals surface area contributed by atoms with Crippen molar-refractivity contribution in [3.05, 3.63) is 29.8 Å². The average Bonchev–Trinajstić information content (AvgIpc) is 2.99. The zero-order valence-electron chi connectivity index (χ0n) is 16.1. The maximum atomic E-state index is 12.1. The summed E-state index contributed by atoms with van der Waals surface area (Å²) in [5, 5.41) is 2.60. The van der Waals surface area contributed by atoms with Gasteiger partial charge in [0.05, 0.1) is 25.2 Å². The molecule has 0 aliphatic carbocycles. The third kappa shape index (κ3) is 6.26. The molecule has 0 saturated carbocycles. The normalized spacial score (nSPS) is 19.2. The number of ether oxygens (including phenoxy) is 3. The van der Waals surface area contributed by atoms with Crippen molar-refractivity contribution >= 4 is 27.8 Å². The van der Waals surface area contributed by atoms with Gasteiger partial charge in [0.2, 0.25) is 0 Å². The van der Waals surface area contributed by atoms with Crippen molar-refractivity contribution in [3.63, 3.8) is 0 Å². The molecule has 0 spiro atoms. The van der Waals surface area contributed by atoms with E-state index < -0.39 is 33.9 Å². The number of hydrogen-bond donors (Lipinski definition) is 1. The number of carbonyl (C=O) groups excluding carboxylic acids is 2. The van der Waals surface area contributed by atoms with E-state index in [9.17, 15) is 18.0 Å². The Bertz CT molecular complexity index is 848. The molecule has 1 amide bonds. The van der Waals surface area contributed by atoms with Gasteiger partial charge in [0.25, 0.3) is 5.91 Å². The molecule has 9 heteroatoms. The Hall–Kier alpha value is -2.55. The number of rotatable bonds is 8. The van der Waals surface area contributed by atoms with Crippen LogP contribution in [0.3, 0.4) is 0 Å². The molecule has 154 valence electrons. The third-order valence-electron chi connectivity index (χ3n) is 4.14. The SMILES string of the molecule is CCOc1ccc(/C=C/C(=O)O[C@H](C)C(=O)N[C@@H]2CCS(=O)(=O)C2)cc1OC. The van der Waals surface area contributed by atoms with Crippen molar-refractivity contribution < 1.29 is 32.2 Å². The second-order valence-corrected chi connectivity index (χ2v) is 8.59. The van der Waals surface area contributed by atoms with Gasteiger partial charge in [-0.25, -0.2) is 13.2 Å². The first-order valence-electron chi connectivity index (χ1n) is 8.94. The number of carbonyl (C=O) groups is 2. The van der Waals surface area contributed by atoms with Gasteiger partial charge in [0.1, 0.15) is 0 Å². The number of esters is 1. The minimum atomic E-state index is -3.09. The second-order valence-electron chi connectivity index (χ2n) is 6.36. The van der Waals surface area contributed by atoms with E-state index in [0.29, 0.717) is 30.1 Å². The highest BCUT2D eigenvalue weighted by atomic mass is 32.2. The zero-order valence-corrected chi connectivity index (χ0v) is 17.0. The van der Waals surface area contributed by atoms with Gasteiger partial charge in [0.15, 0.2) is 27.4 Å². The first-order chi connectivity index (χ1) is 13.2. The number of sulfone groups is 1. The number of amides is 1. The van der Waals surface area contributed by atoms with Crippen LogP contribution in [0.25, 0.3) is 6.08 Å². The summed E-state index contributed by atoms with van der Waals surface area (Å²) < 4.78 is 38.6. The van der Waals surface area contributed by atoms with Gasteiger partial charge in [-0.3, -0.25) is 4.79 Å². The summed E-state index contributed by atoms with van der Waals surface area (Å²) in [5.74, 6) is -0.0964. The van der Waals surface area contributed by atoms with Gasteiger partial charge >= 0.3 is 5.97 Å². The number of hydrogen-bond acceptors (Lipinski definition) is 7. The molecule has 2 rings (SSSR count). The highest BCUT2D eigenvalue weighted by molar-refractivity contribution is 7.91. The van der Waals surface area contributed by atoms with E-state index in [4.69, 9.17) is 14.2 Å². The predicted octanol–water partition coefficient (Wildman–Crippen LogP) is 1.34. The summed E-state index contributed by atoms with van der Waals surface area (Å²) >= 11 is 0. The lowest BCUT2D eigenvalue weighted by Gasteiger charge is -2.15. The lowest BCUT2D eigenvalue weighted by Crippen LogP contribution is -2.42. The molecule has 1 aliphatic heterocycles. The van der Waals surface area contributed by atoms with Crippen LogP contribution in [0.15, 0.2) is 24.3 Å². The molecule has 0 aromatic heterocycles. The fourth-order valence-corrected chi connectivity index (χ4v) is 4.39. The van der Waals surface area contributed by atoms with Gasteiger partial charge in [-0.2, -0.15) is 0 Å². The molecule has 1 aromatic rings. The lowest BCUT2D eigenvalue weighted by atomic mass is 10.2. The molecular formula is C19H25NO7S. The molecule has 1 aliphatic rings. The Morgan fingerprint density at radius 1 is 1.32 bits per heavy atom. The quantitative estimate of drug-likeness (QED) is 0.508. The molecule has 1 fully saturated rings. The largest absolute Gasteiger partial charge is 0.493 e. The topological polar surface area (TPSA) is 108 Å². The fourth-order valence-electron chi connectivity index (χ4n) is 2.72. The van der Waals surface area contributed by atoms with E-state index in [0.717, 1.165) is 0 Å². The van der Waals surface area contributed by atoms with Crippen LogP contribution in [0.1, 0.15) is 25.8 Å². The van der Waals surface area contributed by atoms with Crippen LogP contribution in [-0.2, 0) is 24.2 Å². The standard InChI is InChI=1S/C19H25NO7S/c1-4-26-16-7-5-14(11-17(16)25-3)6-8-18(21)27-13(2)19(22)20-15-9-10-28(23,24)12-15/h5-8,11,13,15H,4,9-10,12H2,1-3H3,(H,20,22)/b8-6+/t13-,15-/m1/s1. The Labute approximate surface area is 164 Å². The van der Waals surface area contributed by atoms with Crippen molar-refractivity contribution in [2.45, 2.75) is 32.4 Å². The molecule has 1 aromatic carbocycles. The molecule has 0 radical (unpaired) electrons. The maximum absolute atomic E-state index is 12.1. The monoisotopic (exact) mass is 411 g/mol. The van der Waals surface area contributed by atoms with Crippen LogP contribution in [0.2, 0.25) is 0 Å². The molecular weight excluding hydrogens is 386 g/mol. The molecule has 28 heavy (non-hydrogen) atoms. The minimum absolute atomic E-state index is 0.0560. The average molecular weight is 411 g/mol. The molecule has 1 saturated heterocycles. The smallest absolute Gasteiger partial charge is 0.331 e. The molecule has 1 heterocycles. The molecule has 2 atom stereocenters. The highest BCUT2D eigenvalue weighted by Gasteiger charge is 2.30. The first kappa shape index (κ1) is 21.7. The lowest BCUT2D eigenvalue weighted by molar-refractivity contribution is -0.150. The second kappa shape index (κ2) is 9.59.